The van der Waals surface area contributed by atoms with Crippen LogP contribution in [0.1, 0.15) is 12.8 Å². The van der Waals surface area contributed by atoms with Crippen LogP contribution < -0.4 is 9.64 Å². The number of amides is 1. The Hall–Kier alpha value is -1.91. The third-order valence-electron chi connectivity index (χ3n) is 4.42. The highest BCUT2D eigenvalue weighted by Crippen LogP contribution is 2.21. The van der Waals surface area contributed by atoms with Gasteiger partial charge in [0.25, 0.3) is 0 Å². The number of piperazine rings is 1. The molecule has 0 bridgehead atoms. The van der Waals surface area contributed by atoms with Crippen LogP contribution in [0.4, 0.5) is 5.69 Å². The van der Waals surface area contributed by atoms with Gasteiger partial charge in [0.2, 0.25) is 5.91 Å². The molecule has 26 heavy (non-hydrogen) atoms. The summed E-state index contributed by atoms with van der Waals surface area (Å²) in [6.07, 6.45) is 1.21. The second kappa shape index (κ2) is 9.15. The summed E-state index contributed by atoms with van der Waals surface area (Å²) in [5.74, 6) is 0.965. The van der Waals surface area contributed by atoms with Crippen molar-refractivity contribution in [1.29, 1.82) is 0 Å². The standard InChI is InChI=1S/C20H22Cl2N2O2/c21-16-6-8-19(9-7-16)26-14-2-5-20(25)24-12-10-23(11-13-24)18-4-1-3-17(22)15-18/h1,3-4,6-9,15H,2,5,10-14H2. The van der Waals surface area contributed by atoms with E-state index in [1.54, 1.807) is 12.1 Å². The molecule has 1 aliphatic heterocycles. The van der Waals surface area contributed by atoms with Crippen LogP contribution in [-0.4, -0.2) is 43.6 Å². The van der Waals surface area contributed by atoms with Crippen molar-refractivity contribution in [2.24, 2.45) is 0 Å². The lowest BCUT2D eigenvalue weighted by atomic mass is 10.2. The molecule has 1 saturated heterocycles. The smallest absolute Gasteiger partial charge is 0.222 e. The summed E-state index contributed by atoms with van der Waals surface area (Å²) in [4.78, 5) is 16.6. The van der Waals surface area contributed by atoms with Crippen molar-refractivity contribution in [3.63, 3.8) is 0 Å². The van der Waals surface area contributed by atoms with Crippen molar-refractivity contribution >= 4 is 34.8 Å². The summed E-state index contributed by atoms with van der Waals surface area (Å²) in [5, 5.41) is 1.42. The quantitative estimate of drug-likeness (QED) is 0.678. The topological polar surface area (TPSA) is 32.8 Å². The maximum absolute atomic E-state index is 12.4. The van der Waals surface area contributed by atoms with Gasteiger partial charge in [-0.1, -0.05) is 29.3 Å². The van der Waals surface area contributed by atoms with Gasteiger partial charge in [-0.3, -0.25) is 4.79 Å². The highest BCUT2D eigenvalue weighted by atomic mass is 35.5. The Bertz CT molecular complexity index is 729. The Kier molecular flexibility index (Phi) is 6.64. The van der Waals surface area contributed by atoms with Crippen molar-refractivity contribution in [2.75, 3.05) is 37.7 Å². The van der Waals surface area contributed by atoms with Gasteiger partial charge in [0.05, 0.1) is 6.61 Å². The largest absolute Gasteiger partial charge is 0.494 e. The summed E-state index contributed by atoms with van der Waals surface area (Å²) < 4.78 is 5.63. The first-order valence-corrected chi connectivity index (χ1v) is 9.54. The molecule has 1 fully saturated rings. The fraction of sp³-hybridized carbons (Fsp3) is 0.350. The van der Waals surface area contributed by atoms with Crippen LogP contribution in [0.5, 0.6) is 5.75 Å². The zero-order chi connectivity index (χ0) is 18.4. The summed E-state index contributed by atoms with van der Waals surface area (Å²) in [6.45, 7) is 3.66. The van der Waals surface area contributed by atoms with Crippen molar-refractivity contribution in [2.45, 2.75) is 12.8 Å². The number of benzene rings is 2. The van der Waals surface area contributed by atoms with Crippen LogP contribution in [0, 0.1) is 0 Å². The van der Waals surface area contributed by atoms with E-state index in [1.807, 2.05) is 35.2 Å². The fourth-order valence-electron chi connectivity index (χ4n) is 2.99. The third kappa shape index (κ3) is 5.29. The molecule has 138 valence electrons. The van der Waals surface area contributed by atoms with Gasteiger partial charge in [0.1, 0.15) is 5.75 Å². The molecule has 0 N–H and O–H groups in total. The first-order chi connectivity index (χ1) is 12.6. The van der Waals surface area contributed by atoms with Gasteiger partial charge < -0.3 is 14.5 Å². The van der Waals surface area contributed by atoms with Crippen molar-refractivity contribution in [3.8, 4) is 5.75 Å². The summed E-state index contributed by atoms with van der Waals surface area (Å²) in [5.41, 5.74) is 1.11. The van der Waals surface area contributed by atoms with Crippen LogP contribution in [0.15, 0.2) is 48.5 Å². The summed E-state index contributed by atoms with van der Waals surface area (Å²) in [7, 11) is 0. The number of anilines is 1. The second-order valence-electron chi connectivity index (χ2n) is 6.25. The van der Waals surface area contributed by atoms with E-state index < -0.39 is 0 Å². The molecule has 1 heterocycles. The number of rotatable bonds is 6. The van der Waals surface area contributed by atoms with Crippen molar-refractivity contribution in [3.05, 3.63) is 58.6 Å². The average Bonchev–Trinajstić information content (AvgIpc) is 2.66. The predicted molar refractivity (Wildman–Crippen MR) is 106 cm³/mol. The molecule has 0 aromatic heterocycles. The highest BCUT2D eigenvalue weighted by Gasteiger charge is 2.21. The van der Waals surface area contributed by atoms with E-state index in [1.165, 1.54) is 0 Å². The Morgan fingerprint density at radius 3 is 2.38 bits per heavy atom. The van der Waals surface area contributed by atoms with Crippen molar-refractivity contribution < 1.29 is 9.53 Å². The maximum Gasteiger partial charge on any atom is 0.222 e. The van der Waals surface area contributed by atoms with E-state index in [2.05, 4.69) is 11.0 Å². The minimum Gasteiger partial charge on any atom is -0.494 e. The SMILES string of the molecule is O=C(CCCOc1ccc(Cl)cc1)N1CCN(c2cccc(Cl)c2)CC1. The molecule has 6 heteroatoms. The monoisotopic (exact) mass is 392 g/mol. The minimum atomic E-state index is 0.190. The molecule has 2 aromatic carbocycles. The zero-order valence-electron chi connectivity index (χ0n) is 14.5. The lowest BCUT2D eigenvalue weighted by Crippen LogP contribution is -2.48. The lowest BCUT2D eigenvalue weighted by molar-refractivity contribution is -0.131. The molecule has 3 rings (SSSR count). The molecule has 0 saturated carbocycles. The number of hydrogen-bond donors (Lipinski definition) is 0. The summed E-state index contributed by atoms with van der Waals surface area (Å²) >= 11 is 11.9. The molecule has 4 nitrogen and oxygen atoms in total. The van der Waals surface area contributed by atoms with E-state index in [0.29, 0.717) is 24.5 Å². The van der Waals surface area contributed by atoms with Gasteiger partial charge in [0.15, 0.2) is 0 Å². The zero-order valence-corrected chi connectivity index (χ0v) is 16.0. The first-order valence-electron chi connectivity index (χ1n) is 8.78. The molecule has 0 atom stereocenters. The maximum atomic E-state index is 12.4. The normalized spacial score (nSPS) is 14.4. The van der Waals surface area contributed by atoms with Crippen LogP contribution >= 0.6 is 23.2 Å². The number of hydrogen-bond acceptors (Lipinski definition) is 3. The number of nitrogens with zero attached hydrogens (tertiary/aromatic N) is 2. The van der Waals surface area contributed by atoms with Crippen LogP contribution in [-0.2, 0) is 4.79 Å². The van der Waals surface area contributed by atoms with E-state index >= 15 is 0 Å². The molecule has 0 aliphatic carbocycles. The van der Waals surface area contributed by atoms with Gasteiger partial charge in [-0.05, 0) is 48.9 Å². The Morgan fingerprint density at radius 1 is 0.962 bits per heavy atom. The third-order valence-corrected chi connectivity index (χ3v) is 4.91. The number of halogens is 2. The lowest BCUT2D eigenvalue weighted by Gasteiger charge is -2.36. The predicted octanol–water partition coefficient (Wildman–Crippen LogP) is 4.50. The molecular weight excluding hydrogens is 371 g/mol. The van der Waals surface area contributed by atoms with Gasteiger partial charge in [-0.25, -0.2) is 0 Å². The van der Waals surface area contributed by atoms with Gasteiger partial charge in [-0.15, -0.1) is 0 Å². The minimum absolute atomic E-state index is 0.190. The second-order valence-corrected chi connectivity index (χ2v) is 7.13. The van der Waals surface area contributed by atoms with Gasteiger partial charge >= 0.3 is 0 Å². The summed E-state index contributed by atoms with van der Waals surface area (Å²) in [6, 6.07) is 15.1. The number of carbonyl (C=O) groups is 1. The molecule has 1 aliphatic rings. The van der Waals surface area contributed by atoms with Crippen LogP contribution in [0.2, 0.25) is 10.0 Å². The molecule has 0 radical (unpaired) electrons. The molecule has 0 unspecified atom stereocenters. The average molecular weight is 393 g/mol. The first kappa shape index (κ1) is 18.9. The molecule has 0 spiro atoms. The Morgan fingerprint density at radius 2 is 1.69 bits per heavy atom. The van der Waals surface area contributed by atoms with Crippen molar-refractivity contribution in [1.82, 2.24) is 4.90 Å². The number of ether oxygens (including phenoxy) is 1. The number of carbonyl (C=O) groups excluding carboxylic acids is 1. The van der Waals surface area contributed by atoms with Crippen LogP contribution in [0.25, 0.3) is 0 Å². The highest BCUT2D eigenvalue weighted by molar-refractivity contribution is 6.31. The van der Waals surface area contributed by atoms with Crippen LogP contribution in [0.3, 0.4) is 0 Å². The van der Waals surface area contributed by atoms with Gasteiger partial charge in [-0.2, -0.15) is 0 Å². The van der Waals surface area contributed by atoms with Gasteiger partial charge in [0, 0.05) is 48.3 Å². The molecular formula is C20H22Cl2N2O2. The molecule has 2 aromatic rings. The fourth-order valence-corrected chi connectivity index (χ4v) is 3.30. The van der Waals surface area contributed by atoms with E-state index in [9.17, 15) is 4.79 Å². The van der Waals surface area contributed by atoms with E-state index in [-0.39, 0.29) is 5.91 Å². The van der Waals surface area contributed by atoms with E-state index in [0.717, 1.165) is 42.6 Å². The van der Waals surface area contributed by atoms with E-state index in [4.69, 9.17) is 27.9 Å². The Balaban J connectivity index is 1.37. The molecule has 1 amide bonds. The Labute approximate surface area is 164 Å².